The van der Waals surface area contributed by atoms with Gasteiger partial charge in [-0.25, -0.2) is 4.98 Å². The maximum absolute atomic E-state index is 12.0. The number of halogens is 1. The largest absolute Gasteiger partial charge is 0.357 e. The monoisotopic (exact) mass is 350 g/mol. The molecule has 1 saturated carbocycles. The number of nitrogens with one attached hydrogen (secondary N) is 1. The molecule has 1 saturated heterocycles. The molecule has 1 aliphatic carbocycles. The Kier molecular flexibility index (Phi) is 5.30. The van der Waals surface area contributed by atoms with E-state index in [2.05, 4.69) is 22.2 Å². The second kappa shape index (κ2) is 7.28. The minimum atomic E-state index is -0.109. The number of rotatable bonds is 4. The van der Waals surface area contributed by atoms with Crippen molar-refractivity contribution >= 4 is 23.3 Å². The third kappa shape index (κ3) is 3.52. The lowest BCUT2D eigenvalue weighted by molar-refractivity contribution is 0.0827. The molecule has 132 valence electrons. The molecule has 2 heterocycles. The molecular weight excluding hydrogens is 324 g/mol. The molecule has 1 aromatic rings. The molecule has 0 radical (unpaired) electrons. The lowest BCUT2D eigenvalue weighted by Crippen LogP contribution is -2.45. The van der Waals surface area contributed by atoms with Crippen molar-refractivity contribution < 1.29 is 4.79 Å². The first-order valence-electron chi connectivity index (χ1n) is 8.80. The summed E-state index contributed by atoms with van der Waals surface area (Å²) in [5.41, 5.74) is 0.466. The molecule has 0 spiro atoms. The van der Waals surface area contributed by atoms with E-state index in [1.54, 1.807) is 20.2 Å². The number of hydrogen-bond acceptors (Lipinski definition) is 4. The number of aromatic nitrogens is 1. The van der Waals surface area contributed by atoms with Gasteiger partial charge in [0, 0.05) is 33.2 Å². The fourth-order valence-corrected chi connectivity index (χ4v) is 4.11. The van der Waals surface area contributed by atoms with Crippen molar-refractivity contribution in [2.24, 2.45) is 11.8 Å². The molecule has 1 N–H and O–H groups in total. The smallest absolute Gasteiger partial charge is 0.256 e. The van der Waals surface area contributed by atoms with E-state index in [0.717, 1.165) is 36.8 Å². The SMILES string of the molecule is CN[C@H]1C[C@H](C2CCN(c3ccc(C(=O)N(C)C)c(Cl)n3)CC2)C1. The summed E-state index contributed by atoms with van der Waals surface area (Å²) in [6.07, 6.45) is 5.09. The highest BCUT2D eigenvalue weighted by molar-refractivity contribution is 6.32. The molecule has 2 aliphatic rings. The summed E-state index contributed by atoms with van der Waals surface area (Å²) in [6.45, 7) is 2.05. The zero-order valence-electron chi connectivity index (χ0n) is 14.8. The van der Waals surface area contributed by atoms with Crippen LogP contribution in [0.15, 0.2) is 12.1 Å². The first-order valence-corrected chi connectivity index (χ1v) is 9.17. The predicted octanol–water partition coefficient (Wildman–Crippen LogP) is 2.65. The number of hydrogen-bond donors (Lipinski definition) is 1. The molecule has 0 atom stereocenters. The number of carbonyl (C=O) groups excluding carboxylic acids is 1. The van der Waals surface area contributed by atoms with Gasteiger partial charge in [0.15, 0.2) is 0 Å². The van der Waals surface area contributed by atoms with E-state index < -0.39 is 0 Å². The highest BCUT2D eigenvalue weighted by atomic mass is 35.5. The Labute approximate surface area is 149 Å². The van der Waals surface area contributed by atoms with Crippen LogP contribution in [0.5, 0.6) is 0 Å². The minimum Gasteiger partial charge on any atom is -0.357 e. The van der Waals surface area contributed by atoms with Gasteiger partial charge in [-0.2, -0.15) is 0 Å². The summed E-state index contributed by atoms with van der Waals surface area (Å²) in [5.74, 6) is 2.51. The van der Waals surface area contributed by atoms with Crippen molar-refractivity contribution in [1.29, 1.82) is 0 Å². The van der Waals surface area contributed by atoms with E-state index in [0.29, 0.717) is 10.7 Å². The molecule has 5 nitrogen and oxygen atoms in total. The van der Waals surface area contributed by atoms with Gasteiger partial charge in [0.25, 0.3) is 5.91 Å². The van der Waals surface area contributed by atoms with Crippen molar-refractivity contribution in [2.75, 3.05) is 39.1 Å². The Morgan fingerprint density at radius 3 is 2.46 bits per heavy atom. The standard InChI is InChI=1S/C18H27ClN4O/c1-20-14-10-13(11-14)12-6-8-23(9-7-12)16-5-4-15(17(19)21-16)18(24)22(2)3/h4-5,12-14,20H,6-11H2,1-3H3/t13-,14-. The lowest BCUT2D eigenvalue weighted by Gasteiger charge is -2.44. The second-order valence-corrected chi connectivity index (χ2v) is 7.61. The van der Waals surface area contributed by atoms with Crippen LogP contribution in [0, 0.1) is 11.8 Å². The van der Waals surface area contributed by atoms with Crippen LogP contribution >= 0.6 is 11.6 Å². The minimum absolute atomic E-state index is 0.109. The zero-order valence-corrected chi connectivity index (χ0v) is 15.5. The van der Waals surface area contributed by atoms with Gasteiger partial charge < -0.3 is 15.1 Å². The average molecular weight is 351 g/mol. The van der Waals surface area contributed by atoms with Gasteiger partial charge in [-0.05, 0) is 56.7 Å². The van der Waals surface area contributed by atoms with Gasteiger partial charge in [0.2, 0.25) is 0 Å². The second-order valence-electron chi connectivity index (χ2n) is 7.25. The van der Waals surface area contributed by atoms with Crippen molar-refractivity contribution in [3.63, 3.8) is 0 Å². The summed E-state index contributed by atoms with van der Waals surface area (Å²) < 4.78 is 0. The van der Waals surface area contributed by atoms with Crippen molar-refractivity contribution in [3.8, 4) is 0 Å². The number of carbonyl (C=O) groups is 1. The van der Waals surface area contributed by atoms with Crippen LogP contribution in [-0.2, 0) is 0 Å². The van der Waals surface area contributed by atoms with Crippen LogP contribution in [0.3, 0.4) is 0 Å². The number of anilines is 1. The van der Waals surface area contributed by atoms with E-state index in [-0.39, 0.29) is 5.91 Å². The zero-order chi connectivity index (χ0) is 17.3. The molecule has 0 aromatic carbocycles. The summed E-state index contributed by atoms with van der Waals surface area (Å²) in [5, 5.41) is 3.66. The average Bonchev–Trinajstić information content (AvgIpc) is 2.54. The Balaban J connectivity index is 1.58. The van der Waals surface area contributed by atoms with E-state index in [4.69, 9.17) is 11.6 Å². The van der Waals surface area contributed by atoms with Crippen molar-refractivity contribution in [2.45, 2.75) is 31.7 Å². The molecule has 24 heavy (non-hydrogen) atoms. The Hall–Kier alpha value is -1.33. The Bertz CT molecular complexity index is 593. The number of amides is 1. The molecular formula is C18H27ClN4O. The molecule has 6 heteroatoms. The van der Waals surface area contributed by atoms with E-state index in [1.165, 1.54) is 30.6 Å². The summed E-state index contributed by atoms with van der Waals surface area (Å²) in [7, 11) is 5.50. The third-order valence-electron chi connectivity index (χ3n) is 5.58. The highest BCUT2D eigenvalue weighted by Gasteiger charge is 2.35. The first kappa shape index (κ1) is 17.5. The van der Waals surface area contributed by atoms with Crippen LogP contribution in [0.25, 0.3) is 0 Å². The van der Waals surface area contributed by atoms with Gasteiger partial charge in [0.1, 0.15) is 11.0 Å². The molecule has 2 fully saturated rings. The van der Waals surface area contributed by atoms with Gasteiger partial charge >= 0.3 is 0 Å². The van der Waals surface area contributed by atoms with Crippen LogP contribution in [0.2, 0.25) is 5.15 Å². The summed E-state index contributed by atoms with van der Waals surface area (Å²) >= 11 is 6.24. The quantitative estimate of drug-likeness (QED) is 0.848. The van der Waals surface area contributed by atoms with Crippen molar-refractivity contribution in [3.05, 3.63) is 22.8 Å². The summed E-state index contributed by atoms with van der Waals surface area (Å²) in [4.78, 5) is 20.3. The first-order chi connectivity index (χ1) is 11.5. The fraction of sp³-hybridized carbons (Fsp3) is 0.667. The predicted molar refractivity (Wildman–Crippen MR) is 97.8 cm³/mol. The third-order valence-corrected chi connectivity index (χ3v) is 5.87. The van der Waals surface area contributed by atoms with Crippen LogP contribution < -0.4 is 10.2 Å². The normalized spacial score (nSPS) is 24.6. The molecule has 1 aliphatic heterocycles. The van der Waals surface area contributed by atoms with Gasteiger partial charge in [-0.3, -0.25) is 4.79 Å². The molecule has 0 unspecified atom stereocenters. The lowest BCUT2D eigenvalue weighted by atomic mass is 9.69. The highest BCUT2D eigenvalue weighted by Crippen LogP contribution is 2.39. The van der Waals surface area contributed by atoms with Gasteiger partial charge in [-0.1, -0.05) is 11.6 Å². The van der Waals surface area contributed by atoms with E-state index >= 15 is 0 Å². The van der Waals surface area contributed by atoms with Gasteiger partial charge in [-0.15, -0.1) is 0 Å². The van der Waals surface area contributed by atoms with Crippen LogP contribution in [-0.4, -0.2) is 56.1 Å². The van der Waals surface area contributed by atoms with Crippen LogP contribution in [0.1, 0.15) is 36.0 Å². The molecule has 3 rings (SSSR count). The molecule has 1 amide bonds. The van der Waals surface area contributed by atoms with Gasteiger partial charge in [0.05, 0.1) is 5.56 Å². The maximum atomic E-state index is 12.0. The maximum Gasteiger partial charge on any atom is 0.256 e. The van der Waals surface area contributed by atoms with E-state index in [9.17, 15) is 4.79 Å². The fourth-order valence-electron chi connectivity index (χ4n) is 3.88. The Morgan fingerprint density at radius 2 is 1.92 bits per heavy atom. The van der Waals surface area contributed by atoms with Crippen molar-refractivity contribution in [1.82, 2.24) is 15.2 Å². The number of pyridine rings is 1. The van der Waals surface area contributed by atoms with Crippen LogP contribution in [0.4, 0.5) is 5.82 Å². The number of nitrogens with zero attached hydrogens (tertiary/aromatic N) is 3. The number of piperidine rings is 1. The summed E-state index contributed by atoms with van der Waals surface area (Å²) in [6, 6.07) is 4.45. The van der Waals surface area contributed by atoms with E-state index in [1.807, 2.05) is 6.07 Å². The molecule has 0 bridgehead atoms. The Morgan fingerprint density at radius 1 is 1.25 bits per heavy atom. The topological polar surface area (TPSA) is 48.5 Å². The molecule has 1 aromatic heterocycles.